The van der Waals surface area contributed by atoms with E-state index >= 15 is 0 Å². The Labute approximate surface area is 259 Å². The molecule has 3 aromatic carbocycles. The van der Waals surface area contributed by atoms with Gasteiger partial charge in [0.15, 0.2) is 0 Å². The van der Waals surface area contributed by atoms with Crippen LogP contribution in [0.4, 0.5) is 0 Å². The van der Waals surface area contributed by atoms with Crippen LogP contribution in [0, 0.1) is 5.41 Å². The van der Waals surface area contributed by atoms with Crippen LogP contribution in [0.25, 0.3) is 23.1 Å². The van der Waals surface area contributed by atoms with Crippen LogP contribution in [-0.4, -0.2) is 26.9 Å². The minimum Gasteiger partial charge on any atom is -0.481 e. The normalized spacial score (nSPS) is 18.1. The Morgan fingerprint density at radius 3 is 2.68 bits per heavy atom. The molecule has 1 atom stereocenters. The quantitative estimate of drug-likeness (QED) is 0.172. The predicted molar refractivity (Wildman–Crippen MR) is 171 cm³/mol. The maximum Gasteiger partial charge on any atom is 0.303 e. The Hall–Kier alpha value is -3.12. The molecule has 6 heteroatoms. The number of nitrogens with zero attached hydrogens (tertiary/aromatic N) is 1. The molecule has 2 N–H and O–H groups in total. The van der Waals surface area contributed by atoms with Crippen LogP contribution in [0.2, 0.25) is 5.02 Å². The van der Waals surface area contributed by atoms with Crippen LogP contribution in [0.3, 0.4) is 0 Å². The average Bonchev–Trinajstić information content (AvgIpc) is 3.77. The summed E-state index contributed by atoms with van der Waals surface area (Å²) in [5.74, 6) is -0.178. The zero-order valence-corrected chi connectivity index (χ0v) is 24.1. The van der Waals surface area contributed by atoms with E-state index in [-0.39, 0.29) is 22.6 Å². The lowest BCUT2D eigenvalue weighted by Crippen LogP contribution is -2.18. The van der Waals surface area contributed by atoms with Crippen molar-refractivity contribution in [3.05, 3.63) is 112 Å². The highest BCUT2D eigenvalue weighted by atomic mass is 35.5. The van der Waals surface area contributed by atoms with E-state index in [9.17, 15) is 15.0 Å². The number of aryl methyl sites for hydroxylation is 1. The highest BCUT2D eigenvalue weighted by molar-refractivity contribution is 7.99. The Kier molecular flexibility index (Phi) is 6.80. The molecule has 0 saturated heterocycles. The number of hydrogen-bond acceptors (Lipinski definition) is 4. The standard InChI is InChI=1S/C35H36ClNO3S/c1-34(2,40)30-9-4-3-7-25(30)13-17-32(41-23-35(18-19-35)22-33(38)39)27-8-5-6-24(20-27)10-15-29-16-12-26-11-14-28(36)21-31(26)37-29/h3-12,14-16,20-21,32,40H,13,17-19,22-23H2,1-2H3,(H,38,39)/b15-10+/t32-/m1/s1/i1D3,2D3. The van der Waals surface area contributed by atoms with Crippen LogP contribution in [0.15, 0.2) is 78.9 Å². The number of rotatable bonds is 12. The first-order valence-electron chi connectivity index (χ1n) is 16.6. The van der Waals surface area contributed by atoms with Crippen molar-refractivity contribution >= 4 is 52.4 Å². The van der Waals surface area contributed by atoms with E-state index in [2.05, 4.69) is 6.07 Å². The zero-order chi connectivity index (χ0) is 34.0. The first kappa shape index (κ1) is 22.5. The SMILES string of the molecule is [2H]C([2H])([2H])C(O)(c1ccccc1CC[C@@H](SCC1(CC(=O)O)CC1)c1cccc(/C=C/c2ccc3ccc(Cl)cc3n2)c1)C([2H])([2H])[2H]. The summed E-state index contributed by atoms with van der Waals surface area (Å²) in [5, 5.41) is 22.2. The van der Waals surface area contributed by atoms with Crippen molar-refractivity contribution in [1.82, 2.24) is 4.98 Å². The molecular formula is C35H36ClNO3S. The number of fused-ring (bicyclic) bond motifs is 1. The number of carboxylic acids is 1. The van der Waals surface area contributed by atoms with Crippen LogP contribution in [0.5, 0.6) is 0 Å². The fourth-order valence-corrected chi connectivity index (χ4v) is 6.85. The van der Waals surface area contributed by atoms with Crippen LogP contribution < -0.4 is 0 Å². The molecule has 0 bridgehead atoms. The number of benzene rings is 3. The maximum atomic E-state index is 11.6. The van der Waals surface area contributed by atoms with Crippen molar-refractivity contribution in [2.75, 3.05) is 5.75 Å². The summed E-state index contributed by atoms with van der Waals surface area (Å²) in [4.78, 5) is 16.2. The van der Waals surface area contributed by atoms with Crippen LogP contribution >= 0.6 is 23.4 Å². The molecule has 1 aliphatic carbocycles. The number of aromatic nitrogens is 1. The topological polar surface area (TPSA) is 70.4 Å². The molecule has 0 aliphatic heterocycles. The molecule has 1 fully saturated rings. The second kappa shape index (κ2) is 12.4. The van der Waals surface area contributed by atoms with Crippen molar-refractivity contribution in [1.29, 1.82) is 0 Å². The van der Waals surface area contributed by atoms with Gasteiger partial charge in [-0.3, -0.25) is 4.79 Å². The molecule has 4 aromatic rings. The van der Waals surface area contributed by atoms with Gasteiger partial charge in [0.1, 0.15) is 0 Å². The number of thioether (sulfide) groups is 1. The Morgan fingerprint density at radius 2 is 1.90 bits per heavy atom. The lowest BCUT2D eigenvalue weighted by Gasteiger charge is -2.24. The summed E-state index contributed by atoms with van der Waals surface area (Å²) in [6.07, 6.45) is 6.50. The Morgan fingerprint density at radius 1 is 1.10 bits per heavy atom. The van der Waals surface area contributed by atoms with E-state index in [4.69, 9.17) is 24.8 Å². The number of aliphatic hydroxyl groups is 1. The summed E-state index contributed by atoms with van der Waals surface area (Å²) in [6, 6.07) is 23.8. The smallest absolute Gasteiger partial charge is 0.303 e. The molecule has 0 amide bonds. The van der Waals surface area contributed by atoms with Crippen LogP contribution in [-0.2, 0) is 16.8 Å². The van der Waals surface area contributed by atoms with E-state index in [0.717, 1.165) is 40.6 Å². The molecule has 0 unspecified atom stereocenters. The van der Waals surface area contributed by atoms with Gasteiger partial charge >= 0.3 is 5.97 Å². The molecule has 4 nitrogen and oxygen atoms in total. The first-order chi connectivity index (χ1) is 22.1. The first-order valence-corrected chi connectivity index (χ1v) is 15.0. The largest absolute Gasteiger partial charge is 0.481 e. The third-order valence-corrected chi connectivity index (χ3v) is 9.49. The van der Waals surface area contributed by atoms with Gasteiger partial charge in [0, 0.05) is 29.6 Å². The van der Waals surface area contributed by atoms with Crippen molar-refractivity contribution in [2.45, 2.75) is 56.7 Å². The highest BCUT2D eigenvalue weighted by Gasteiger charge is 2.44. The number of hydrogen-bond donors (Lipinski definition) is 2. The fraction of sp³-hybridized carbons (Fsp3) is 0.314. The molecule has 1 aromatic heterocycles. The summed E-state index contributed by atoms with van der Waals surface area (Å²) < 4.78 is 47.7. The minimum absolute atomic E-state index is 0.104. The molecule has 1 saturated carbocycles. The van der Waals surface area contributed by atoms with Gasteiger partial charge in [0.2, 0.25) is 0 Å². The molecule has 0 radical (unpaired) electrons. The molecular weight excluding hydrogens is 550 g/mol. The highest BCUT2D eigenvalue weighted by Crippen LogP contribution is 2.53. The van der Waals surface area contributed by atoms with Gasteiger partial charge < -0.3 is 10.2 Å². The average molecular weight is 592 g/mol. The Balaban J connectivity index is 1.43. The summed E-state index contributed by atoms with van der Waals surface area (Å²) >= 11 is 7.82. The molecule has 0 spiro atoms. The van der Waals surface area contributed by atoms with Crippen molar-refractivity contribution < 1.29 is 23.2 Å². The van der Waals surface area contributed by atoms with E-state index in [0.29, 0.717) is 29.2 Å². The third kappa shape index (κ3) is 7.79. The fourth-order valence-electron chi connectivity index (χ4n) is 5.11. The molecule has 212 valence electrons. The third-order valence-electron chi connectivity index (χ3n) is 7.56. The number of carboxylic acid groups (broad SMARTS) is 1. The van der Waals surface area contributed by atoms with Crippen molar-refractivity contribution in [3.8, 4) is 0 Å². The zero-order valence-electron chi connectivity index (χ0n) is 28.5. The predicted octanol–water partition coefficient (Wildman–Crippen LogP) is 8.95. The minimum atomic E-state index is -3.19. The second-order valence-corrected chi connectivity index (χ2v) is 12.5. The van der Waals surface area contributed by atoms with Gasteiger partial charge in [-0.25, -0.2) is 4.98 Å². The van der Waals surface area contributed by atoms with Gasteiger partial charge in [0.05, 0.1) is 23.2 Å². The molecule has 5 rings (SSSR count). The summed E-state index contributed by atoms with van der Waals surface area (Å²) in [7, 11) is 0. The second-order valence-electron chi connectivity index (χ2n) is 10.9. The van der Waals surface area contributed by atoms with Gasteiger partial charge in [-0.1, -0.05) is 78.3 Å². The summed E-state index contributed by atoms with van der Waals surface area (Å²) in [5.41, 5.74) is 0.529. The number of pyridine rings is 1. The van der Waals surface area contributed by atoms with Crippen LogP contribution in [0.1, 0.15) is 80.8 Å². The van der Waals surface area contributed by atoms with Gasteiger partial charge in [-0.2, -0.15) is 11.8 Å². The Bertz CT molecular complexity index is 1770. The summed E-state index contributed by atoms with van der Waals surface area (Å²) in [6.45, 7) is -6.38. The lowest BCUT2D eigenvalue weighted by molar-refractivity contribution is -0.138. The van der Waals surface area contributed by atoms with E-state index in [1.165, 1.54) is 12.1 Å². The van der Waals surface area contributed by atoms with Crippen molar-refractivity contribution in [2.24, 2.45) is 5.41 Å². The number of aliphatic carboxylic acids is 1. The molecule has 1 heterocycles. The monoisotopic (exact) mass is 591 g/mol. The number of carbonyl (C=O) groups is 1. The van der Waals surface area contributed by atoms with E-state index in [1.807, 2.05) is 60.7 Å². The van der Waals surface area contributed by atoms with Gasteiger partial charge in [-0.05, 0) is 91.3 Å². The van der Waals surface area contributed by atoms with E-state index < -0.39 is 25.3 Å². The van der Waals surface area contributed by atoms with Crippen molar-refractivity contribution in [3.63, 3.8) is 0 Å². The molecule has 41 heavy (non-hydrogen) atoms. The maximum absolute atomic E-state index is 11.6. The molecule has 1 aliphatic rings. The van der Waals surface area contributed by atoms with E-state index in [1.54, 1.807) is 23.9 Å². The van der Waals surface area contributed by atoms with Gasteiger partial charge in [-0.15, -0.1) is 0 Å². The van der Waals surface area contributed by atoms with Gasteiger partial charge in [0.25, 0.3) is 0 Å². The number of halogens is 1. The lowest BCUT2D eigenvalue weighted by atomic mass is 9.90.